The van der Waals surface area contributed by atoms with E-state index in [0.29, 0.717) is 18.4 Å². The number of hydrogen-bond acceptors (Lipinski definition) is 5. The Kier molecular flexibility index (Phi) is 3.44. The van der Waals surface area contributed by atoms with Crippen LogP contribution >= 0.6 is 0 Å². The topological polar surface area (TPSA) is 72.8 Å². The average Bonchev–Trinajstić information content (AvgIpc) is 2.95. The highest BCUT2D eigenvalue weighted by molar-refractivity contribution is 5.89. The summed E-state index contributed by atoms with van der Waals surface area (Å²) in [6.45, 7) is -0.107. The lowest BCUT2D eigenvalue weighted by molar-refractivity contribution is -0.141. The predicted molar refractivity (Wildman–Crippen MR) is 68.8 cm³/mol. The molecule has 1 N–H and O–H groups in total. The summed E-state index contributed by atoms with van der Waals surface area (Å²) >= 11 is 0. The van der Waals surface area contributed by atoms with Gasteiger partial charge in [0.1, 0.15) is 12.2 Å². The number of benzene rings is 1. The van der Waals surface area contributed by atoms with E-state index in [1.807, 2.05) is 6.07 Å². The van der Waals surface area contributed by atoms with Crippen LogP contribution in [0.1, 0.15) is 23.2 Å². The zero-order valence-corrected chi connectivity index (χ0v) is 10.9. The van der Waals surface area contributed by atoms with E-state index < -0.39 is 12.1 Å². The van der Waals surface area contributed by atoms with Crippen molar-refractivity contribution in [2.45, 2.75) is 25.0 Å². The zero-order valence-electron chi connectivity index (χ0n) is 10.9. The fourth-order valence-corrected chi connectivity index (χ4v) is 3.13. The molecule has 0 bridgehead atoms. The van der Waals surface area contributed by atoms with E-state index in [-0.39, 0.29) is 30.5 Å². The van der Waals surface area contributed by atoms with E-state index in [1.165, 1.54) is 0 Å². The van der Waals surface area contributed by atoms with Crippen molar-refractivity contribution in [1.29, 1.82) is 0 Å². The Hall–Kier alpha value is -1.88. The second-order valence-electron chi connectivity index (χ2n) is 5.29. The quantitative estimate of drug-likeness (QED) is 0.839. The van der Waals surface area contributed by atoms with Gasteiger partial charge in [-0.2, -0.15) is 0 Å². The van der Waals surface area contributed by atoms with Crippen LogP contribution in [0.3, 0.4) is 0 Å². The molecule has 1 saturated carbocycles. The van der Waals surface area contributed by atoms with Gasteiger partial charge in [-0.25, -0.2) is 4.79 Å². The molecule has 0 aromatic heterocycles. The van der Waals surface area contributed by atoms with Crippen LogP contribution in [-0.4, -0.2) is 35.9 Å². The van der Waals surface area contributed by atoms with E-state index in [1.54, 1.807) is 24.3 Å². The van der Waals surface area contributed by atoms with Gasteiger partial charge in [-0.3, -0.25) is 4.79 Å². The molecule has 5 heteroatoms. The molecule has 1 aliphatic heterocycles. The highest BCUT2D eigenvalue weighted by Crippen LogP contribution is 2.42. The maximum absolute atomic E-state index is 12.0. The SMILES string of the molecule is O=C1C[C@H]2[C@@H](CO)[C@H](OC(=O)c3ccccc3)C[C@@H]2O1. The summed E-state index contributed by atoms with van der Waals surface area (Å²) < 4.78 is 10.7. The van der Waals surface area contributed by atoms with Crippen LogP contribution in [0.15, 0.2) is 30.3 Å². The summed E-state index contributed by atoms with van der Waals surface area (Å²) in [5, 5.41) is 9.50. The number of esters is 2. The molecule has 0 radical (unpaired) electrons. The second-order valence-corrected chi connectivity index (χ2v) is 5.29. The first kappa shape index (κ1) is 13.1. The molecule has 4 atom stereocenters. The third-order valence-corrected chi connectivity index (χ3v) is 4.13. The maximum Gasteiger partial charge on any atom is 0.338 e. The van der Waals surface area contributed by atoms with Crippen molar-refractivity contribution in [2.75, 3.05) is 6.61 Å². The van der Waals surface area contributed by atoms with Gasteiger partial charge in [-0.15, -0.1) is 0 Å². The van der Waals surface area contributed by atoms with Gasteiger partial charge in [0.25, 0.3) is 0 Å². The number of carbonyl (C=O) groups excluding carboxylic acids is 2. The van der Waals surface area contributed by atoms with E-state index in [2.05, 4.69) is 0 Å². The van der Waals surface area contributed by atoms with Gasteiger partial charge in [0.15, 0.2) is 0 Å². The Morgan fingerprint density at radius 2 is 2.10 bits per heavy atom. The summed E-state index contributed by atoms with van der Waals surface area (Å²) in [7, 11) is 0. The zero-order chi connectivity index (χ0) is 14.1. The minimum absolute atomic E-state index is 0.0407. The summed E-state index contributed by atoms with van der Waals surface area (Å²) in [4.78, 5) is 23.3. The molecule has 0 unspecified atom stereocenters. The number of carbonyl (C=O) groups is 2. The maximum atomic E-state index is 12.0. The Labute approximate surface area is 116 Å². The minimum atomic E-state index is -0.402. The number of rotatable bonds is 3. The molecule has 5 nitrogen and oxygen atoms in total. The number of fused-ring (bicyclic) bond motifs is 1. The molecule has 1 aromatic carbocycles. The van der Waals surface area contributed by atoms with Crippen LogP contribution in [-0.2, 0) is 14.3 Å². The van der Waals surface area contributed by atoms with Crippen LogP contribution in [0.5, 0.6) is 0 Å². The van der Waals surface area contributed by atoms with Crippen molar-refractivity contribution in [3.8, 4) is 0 Å². The Morgan fingerprint density at radius 3 is 2.80 bits per heavy atom. The monoisotopic (exact) mass is 276 g/mol. The first-order chi connectivity index (χ1) is 9.69. The lowest BCUT2D eigenvalue weighted by Gasteiger charge is -2.20. The van der Waals surface area contributed by atoms with Gasteiger partial charge < -0.3 is 14.6 Å². The molecule has 106 valence electrons. The largest absolute Gasteiger partial charge is 0.462 e. The number of ether oxygens (including phenoxy) is 2. The molecule has 1 aliphatic carbocycles. The molecule has 1 heterocycles. The standard InChI is InChI=1S/C15H16O5/c16-8-11-10-6-14(17)19-12(10)7-13(11)20-15(18)9-4-2-1-3-5-9/h1-5,10-13,16H,6-8H2/t10-,11+,12-,13+/m0/s1. The predicted octanol–water partition coefficient (Wildman–Crippen LogP) is 1.16. The molecule has 2 fully saturated rings. The Morgan fingerprint density at radius 1 is 1.35 bits per heavy atom. The van der Waals surface area contributed by atoms with Crippen molar-refractivity contribution in [2.24, 2.45) is 11.8 Å². The fraction of sp³-hybridized carbons (Fsp3) is 0.467. The van der Waals surface area contributed by atoms with E-state index in [0.717, 1.165) is 0 Å². The fourth-order valence-electron chi connectivity index (χ4n) is 3.13. The normalized spacial score (nSPS) is 31.8. The Bertz CT molecular complexity index is 512. The highest BCUT2D eigenvalue weighted by Gasteiger charge is 2.51. The number of hydrogen-bond donors (Lipinski definition) is 1. The van der Waals surface area contributed by atoms with Gasteiger partial charge in [0.2, 0.25) is 0 Å². The van der Waals surface area contributed by atoms with Crippen molar-refractivity contribution >= 4 is 11.9 Å². The molecule has 2 aliphatic rings. The van der Waals surface area contributed by atoms with Crippen molar-refractivity contribution in [1.82, 2.24) is 0 Å². The lowest BCUT2D eigenvalue weighted by Crippen LogP contribution is -2.28. The minimum Gasteiger partial charge on any atom is -0.462 e. The molecule has 1 aromatic rings. The average molecular weight is 276 g/mol. The molecular weight excluding hydrogens is 260 g/mol. The summed E-state index contributed by atoms with van der Waals surface area (Å²) in [5.41, 5.74) is 0.484. The molecule has 3 rings (SSSR count). The lowest BCUT2D eigenvalue weighted by atomic mass is 9.93. The van der Waals surface area contributed by atoms with E-state index in [4.69, 9.17) is 9.47 Å². The van der Waals surface area contributed by atoms with Crippen LogP contribution in [0.25, 0.3) is 0 Å². The van der Waals surface area contributed by atoms with Gasteiger partial charge in [-0.05, 0) is 12.1 Å². The Balaban J connectivity index is 1.69. The van der Waals surface area contributed by atoms with Crippen LogP contribution in [0, 0.1) is 11.8 Å². The van der Waals surface area contributed by atoms with Crippen molar-refractivity contribution in [3.05, 3.63) is 35.9 Å². The summed E-state index contributed by atoms with van der Waals surface area (Å²) in [6.07, 6.45) is 0.152. The van der Waals surface area contributed by atoms with Crippen LogP contribution in [0.4, 0.5) is 0 Å². The molecular formula is C15H16O5. The third-order valence-electron chi connectivity index (χ3n) is 4.13. The molecule has 1 saturated heterocycles. The van der Waals surface area contributed by atoms with Crippen molar-refractivity contribution < 1.29 is 24.2 Å². The molecule has 20 heavy (non-hydrogen) atoms. The first-order valence-corrected chi connectivity index (χ1v) is 6.75. The first-order valence-electron chi connectivity index (χ1n) is 6.75. The molecule has 0 spiro atoms. The number of aliphatic hydroxyl groups excluding tert-OH is 1. The van der Waals surface area contributed by atoms with Crippen molar-refractivity contribution in [3.63, 3.8) is 0 Å². The van der Waals surface area contributed by atoms with E-state index >= 15 is 0 Å². The number of aliphatic hydroxyl groups is 1. The van der Waals surface area contributed by atoms with Crippen LogP contribution in [0.2, 0.25) is 0 Å². The van der Waals surface area contributed by atoms with Gasteiger partial charge in [0, 0.05) is 24.9 Å². The summed E-state index contributed by atoms with van der Waals surface area (Å²) in [5.74, 6) is -0.896. The van der Waals surface area contributed by atoms with Gasteiger partial charge >= 0.3 is 11.9 Å². The van der Waals surface area contributed by atoms with E-state index in [9.17, 15) is 14.7 Å². The smallest absolute Gasteiger partial charge is 0.338 e. The van der Waals surface area contributed by atoms with Crippen LogP contribution < -0.4 is 0 Å². The van der Waals surface area contributed by atoms with Gasteiger partial charge in [0.05, 0.1) is 12.0 Å². The molecule has 0 amide bonds. The third kappa shape index (κ3) is 2.29. The highest BCUT2D eigenvalue weighted by atomic mass is 16.6. The summed E-state index contributed by atoms with van der Waals surface area (Å²) in [6, 6.07) is 8.74. The second kappa shape index (κ2) is 5.25. The van der Waals surface area contributed by atoms with Gasteiger partial charge in [-0.1, -0.05) is 18.2 Å².